The van der Waals surface area contributed by atoms with Gasteiger partial charge in [0.25, 0.3) is 0 Å². The first-order chi connectivity index (χ1) is 13.0. The molecular weight excluding hydrogens is 328 g/mol. The Morgan fingerprint density at radius 1 is 0.741 bits per heavy atom. The summed E-state index contributed by atoms with van der Waals surface area (Å²) in [6, 6.07) is 22.7. The minimum Gasteiger partial charge on any atom is -0.315 e. The second-order valence-electron chi connectivity index (χ2n) is 8.15. The number of hydrogen-bond donors (Lipinski definition) is 1. The summed E-state index contributed by atoms with van der Waals surface area (Å²) in [6.07, 6.45) is 0. The number of aryl methyl sites for hydroxylation is 4. The van der Waals surface area contributed by atoms with Gasteiger partial charge in [0.2, 0.25) is 0 Å². The minimum absolute atomic E-state index is 0.968. The van der Waals surface area contributed by atoms with Gasteiger partial charge in [-0.05, 0) is 39.3 Å². The van der Waals surface area contributed by atoms with E-state index >= 15 is 0 Å². The van der Waals surface area contributed by atoms with Crippen LogP contribution in [-0.4, -0.2) is 6.67 Å². The molecule has 4 rings (SSSR count). The topological polar surface area (TPSA) is 7.68 Å². The summed E-state index contributed by atoms with van der Waals surface area (Å²) in [4.78, 5) is 4.06. The molecule has 2 heteroatoms. The van der Waals surface area contributed by atoms with Crippen molar-refractivity contribution in [2.24, 2.45) is 0 Å². The van der Waals surface area contributed by atoms with Crippen LogP contribution in [0.25, 0.3) is 0 Å². The van der Waals surface area contributed by atoms with Crippen molar-refractivity contribution in [3.8, 4) is 0 Å². The van der Waals surface area contributed by atoms with Crippen molar-refractivity contribution >= 4 is 11.4 Å². The normalized spacial score (nSPS) is 15.9. The van der Waals surface area contributed by atoms with Crippen molar-refractivity contribution in [1.29, 1.82) is 0 Å². The molecule has 0 saturated heterocycles. The van der Waals surface area contributed by atoms with Crippen LogP contribution in [0.5, 0.6) is 0 Å². The lowest BCUT2D eigenvalue weighted by Crippen LogP contribution is -3.05. The lowest BCUT2D eigenvalue weighted by Gasteiger charge is -2.19. The fraction of sp³-hybridized carbons (Fsp3) is 0.280. The van der Waals surface area contributed by atoms with Gasteiger partial charge in [0.1, 0.15) is 12.2 Å². The van der Waals surface area contributed by atoms with E-state index in [0.29, 0.717) is 0 Å². The predicted octanol–water partition coefficient (Wildman–Crippen LogP) is 4.61. The molecule has 1 N–H and O–H groups in total. The third kappa shape index (κ3) is 3.91. The van der Waals surface area contributed by atoms with E-state index in [1.807, 2.05) is 0 Å². The number of benzene rings is 3. The molecule has 0 spiro atoms. The molecule has 3 aromatic rings. The molecule has 2 nitrogen and oxygen atoms in total. The summed E-state index contributed by atoms with van der Waals surface area (Å²) in [5.74, 6) is 0. The van der Waals surface area contributed by atoms with Gasteiger partial charge in [-0.15, -0.1) is 0 Å². The predicted molar refractivity (Wildman–Crippen MR) is 114 cm³/mol. The standard InChI is InChI=1S/C25H28N2/c1-18-9-19(2)12-22(11-18)15-26-17-27(25-8-6-5-7-24(25)26)16-23-13-20(3)10-21(4)14-23/h5-14H,15-17H2,1-4H3/p+1. The van der Waals surface area contributed by atoms with E-state index in [1.54, 1.807) is 0 Å². The van der Waals surface area contributed by atoms with Crippen LogP contribution >= 0.6 is 0 Å². The van der Waals surface area contributed by atoms with Gasteiger partial charge in [0, 0.05) is 18.2 Å². The molecule has 1 aliphatic heterocycles. The molecule has 1 aliphatic rings. The average molecular weight is 358 g/mol. The Bertz CT molecular complexity index is 855. The summed E-state index contributed by atoms with van der Waals surface area (Å²) in [5.41, 5.74) is 11.0. The van der Waals surface area contributed by atoms with Gasteiger partial charge in [-0.2, -0.15) is 0 Å². The van der Waals surface area contributed by atoms with Crippen LogP contribution in [0.2, 0.25) is 0 Å². The van der Waals surface area contributed by atoms with E-state index in [0.717, 1.165) is 19.8 Å². The summed E-state index contributed by atoms with van der Waals surface area (Å²) in [5, 5.41) is 0. The molecule has 1 unspecified atom stereocenters. The smallest absolute Gasteiger partial charge is 0.158 e. The third-order valence-electron chi connectivity index (χ3n) is 5.36. The SMILES string of the molecule is Cc1cc(C)cc(CN2C[NH+](Cc3cc(C)cc(C)c3)c3ccccc32)c1. The summed E-state index contributed by atoms with van der Waals surface area (Å²) in [6.45, 7) is 11.8. The van der Waals surface area contributed by atoms with E-state index in [2.05, 4.69) is 93.3 Å². The quantitative estimate of drug-likeness (QED) is 0.716. The van der Waals surface area contributed by atoms with Gasteiger partial charge >= 0.3 is 0 Å². The van der Waals surface area contributed by atoms with Crippen LogP contribution in [0.1, 0.15) is 33.4 Å². The van der Waals surface area contributed by atoms with Crippen LogP contribution in [0, 0.1) is 27.7 Å². The number of nitrogens with one attached hydrogen (secondary N) is 1. The van der Waals surface area contributed by atoms with Gasteiger partial charge < -0.3 is 4.90 Å². The highest BCUT2D eigenvalue weighted by atomic mass is 15.4. The van der Waals surface area contributed by atoms with Crippen molar-refractivity contribution in [1.82, 2.24) is 0 Å². The Balaban J connectivity index is 1.60. The van der Waals surface area contributed by atoms with Gasteiger partial charge in [-0.1, -0.05) is 70.8 Å². The molecule has 3 aromatic carbocycles. The second kappa shape index (κ2) is 7.21. The molecule has 0 amide bonds. The lowest BCUT2D eigenvalue weighted by molar-refractivity contribution is -0.840. The maximum atomic E-state index is 2.53. The second-order valence-corrected chi connectivity index (χ2v) is 8.15. The van der Waals surface area contributed by atoms with Crippen molar-refractivity contribution in [2.75, 3.05) is 11.6 Å². The fourth-order valence-electron chi connectivity index (χ4n) is 4.54. The highest BCUT2D eigenvalue weighted by Gasteiger charge is 2.30. The molecule has 1 atom stereocenters. The van der Waals surface area contributed by atoms with Gasteiger partial charge in [0.15, 0.2) is 12.4 Å². The zero-order valence-corrected chi connectivity index (χ0v) is 16.8. The van der Waals surface area contributed by atoms with E-state index in [9.17, 15) is 0 Å². The Morgan fingerprint density at radius 3 is 1.93 bits per heavy atom. The number of nitrogens with zero attached hydrogens (tertiary/aromatic N) is 1. The molecule has 1 heterocycles. The highest BCUT2D eigenvalue weighted by molar-refractivity contribution is 5.65. The first-order valence-corrected chi connectivity index (χ1v) is 9.81. The highest BCUT2D eigenvalue weighted by Crippen LogP contribution is 2.28. The molecule has 138 valence electrons. The molecule has 0 fully saturated rings. The third-order valence-corrected chi connectivity index (χ3v) is 5.36. The van der Waals surface area contributed by atoms with Crippen LogP contribution in [0.15, 0.2) is 60.7 Å². The van der Waals surface area contributed by atoms with Crippen molar-refractivity contribution in [3.05, 3.63) is 94.0 Å². The number of hydrogen-bond acceptors (Lipinski definition) is 1. The van der Waals surface area contributed by atoms with Gasteiger partial charge in [-0.25, -0.2) is 0 Å². The van der Waals surface area contributed by atoms with Gasteiger partial charge in [-0.3, -0.25) is 4.90 Å². The maximum Gasteiger partial charge on any atom is 0.158 e. The zero-order chi connectivity index (χ0) is 19.0. The van der Waals surface area contributed by atoms with Crippen LogP contribution in [-0.2, 0) is 13.1 Å². The number of para-hydroxylation sites is 2. The monoisotopic (exact) mass is 357 g/mol. The Hall–Kier alpha value is -2.58. The Kier molecular flexibility index (Phi) is 4.75. The van der Waals surface area contributed by atoms with Crippen LogP contribution < -0.4 is 9.80 Å². The zero-order valence-electron chi connectivity index (χ0n) is 16.8. The molecule has 0 radical (unpaired) electrons. The number of quaternary nitrogens is 1. The first kappa shape index (κ1) is 17.8. The first-order valence-electron chi connectivity index (χ1n) is 9.81. The summed E-state index contributed by atoms with van der Waals surface area (Å²) < 4.78 is 0. The van der Waals surface area contributed by atoms with Crippen molar-refractivity contribution in [3.63, 3.8) is 0 Å². The molecule has 0 aromatic heterocycles. The van der Waals surface area contributed by atoms with E-state index < -0.39 is 0 Å². The summed E-state index contributed by atoms with van der Waals surface area (Å²) in [7, 11) is 0. The Morgan fingerprint density at radius 2 is 1.30 bits per heavy atom. The van der Waals surface area contributed by atoms with Crippen LogP contribution in [0.4, 0.5) is 11.4 Å². The number of anilines is 1. The summed E-state index contributed by atoms with van der Waals surface area (Å²) >= 11 is 0. The largest absolute Gasteiger partial charge is 0.315 e. The average Bonchev–Trinajstić information content (AvgIpc) is 2.91. The molecule has 0 bridgehead atoms. The van der Waals surface area contributed by atoms with Crippen molar-refractivity contribution in [2.45, 2.75) is 40.8 Å². The molecular formula is C25H29N2+. The number of fused-ring (bicyclic) bond motifs is 1. The molecule has 0 aliphatic carbocycles. The Labute approximate surface area is 163 Å². The minimum atomic E-state index is 0.968. The number of rotatable bonds is 4. The van der Waals surface area contributed by atoms with Gasteiger partial charge in [0.05, 0.1) is 0 Å². The molecule has 27 heavy (non-hydrogen) atoms. The maximum absolute atomic E-state index is 2.53. The van der Waals surface area contributed by atoms with E-state index in [-0.39, 0.29) is 0 Å². The van der Waals surface area contributed by atoms with E-state index in [1.165, 1.54) is 49.7 Å². The fourth-order valence-corrected chi connectivity index (χ4v) is 4.54. The van der Waals surface area contributed by atoms with E-state index in [4.69, 9.17) is 0 Å². The molecule has 0 saturated carbocycles. The lowest BCUT2D eigenvalue weighted by atomic mass is 10.1. The van der Waals surface area contributed by atoms with Crippen LogP contribution in [0.3, 0.4) is 0 Å². The van der Waals surface area contributed by atoms with Crippen molar-refractivity contribution < 1.29 is 4.90 Å².